The molecule has 0 aromatic heterocycles. The van der Waals surface area contributed by atoms with E-state index in [-0.39, 0.29) is 12.0 Å². The first-order valence-electron chi connectivity index (χ1n) is 5.05. The lowest BCUT2D eigenvalue weighted by atomic mass is 10.1. The van der Waals surface area contributed by atoms with Crippen LogP contribution >= 0.6 is 0 Å². The van der Waals surface area contributed by atoms with Crippen LogP contribution < -0.4 is 0 Å². The Bertz CT molecular complexity index is 223. The molecule has 74 valence electrons. The Morgan fingerprint density at radius 1 is 1.62 bits per heavy atom. The minimum absolute atomic E-state index is 0.233. The maximum atomic E-state index is 11.7. The smallest absolute Gasteiger partial charge is 0.223 e. The summed E-state index contributed by atoms with van der Waals surface area (Å²) in [5.74, 6) is 0.233. The van der Waals surface area contributed by atoms with Crippen LogP contribution in [0, 0.1) is 5.41 Å². The molecule has 2 fully saturated rings. The molecular formula is C10H17NO2. The van der Waals surface area contributed by atoms with Gasteiger partial charge in [-0.1, -0.05) is 6.92 Å². The van der Waals surface area contributed by atoms with Crippen LogP contribution in [0.1, 0.15) is 32.6 Å². The van der Waals surface area contributed by atoms with Gasteiger partial charge in [-0.05, 0) is 24.7 Å². The number of carbonyl (C=O) groups excluding carboxylic acids is 1. The Labute approximate surface area is 78.7 Å². The summed E-state index contributed by atoms with van der Waals surface area (Å²) in [4.78, 5) is 13.5. The minimum Gasteiger partial charge on any atom is -0.391 e. The van der Waals surface area contributed by atoms with Gasteiger partial charge in [0.05, 0.1) is 6.10 Å². The first-order valence-corrected chi connectivity index (χ1v) is 5.05. The molecule has 0 bridgehead atoms. The van der Waals surface area contributed by atoms with Crippen LogP contribution in [0.2, 0.25) is 0 Å². The monoisotopic (exact) mass is 183 g/mol. The number of hydrogen-bond donors (Lipinski definition) is 1. The highest BCUT2D eigenvalue weighted by Gasteiger charge is 2.40. The van der Waals surface area contributed by atoms with Crippen LogP contribution in [-0.4, -0.2) is 35.1 Å². The predicted molar refractivity (Wildman–Crippen MR) is 49.2 cm³/mol. The van der Waals surface area contributed by atoms with Crippen LogP contribution in [-0.2, 0) is 4.79 Å². The molecule has 0 aromatic carbocycles. The van der Waals surface area contributed by atoms with Crippen molar-refractivity contribution in [2.45, 2.75) is 38.7 Å². The van der Waals surface area contributed by atoms with E-state index < -0.39 is 0 Å². The fourth-order valence-electron chi connectivity index (χ4n) is 1.84. The molecular weight excluding hydrogens is 166 g/mol. The quantitative estimate of drug-likeness (QED) is 0.687. The summed E-state index contributed by atoms with van der Waals surface area (Å²) in [5.41, 5.74) is 0.296. The number of β-amino-alcohol motifs (C(OH)–C–C–N with tert-alkyl or cyclic N) is 1. The number of aliphatic hydroxyl groups is 1. The van der Waals surface area contributed by atoms with Crippen molar-refractivity contribution < 1.29 is 9.90 Å². The summed E-state index contributed by atoms with van der Waals surface area (Å²) in [6.45, 7) is 3.46. The third kappa shape index (κ3) is 2.02. The van der Waals surface area contributed by atoms with Crippen LogP contribution in [0.25, 0.3) is 0 Å². The second-order valence-corrected chi connectivity index (χ2v) is 4.77. The van der Waals surface area contributed by atoms with Gasteiger partial charge in [-0.3, -0.25) is 4.79 Å². The van der Waals surface area contributed by atoms with Gasteiger partial charge < -0.3 is 10.0 Å². The number of likely N-dealkylation sites (tertiary alicyclic amines) is 1. The lowest BCUT2D eigenvalue weighted by Crippen LogP contribution is -2.30. The van der Waals surface area contributed by atoms with Gasteiger partial charge in [0.2, 0.25) is 5.91 Å². The second-order valence-electron chi connectivity index (χ2n) is 4.77. The lowest BCUT2D eigenvalue weighted by Gasteiger charge is -2.17. The van der Waals surface area contributed by atoms with Gasteiger partial charge in [-0.25, -0.2) is 0 Å². The highest BCUT2D eigenvalue weighted by molar-refractivity contribution is 5.77. The Balaban J connectivity index is 1.83. The largest absolute Gasteiger partial charge is 0.391 e. The Morgan fingerprint density at radius 3 is 2.77 bits per heavy atom. The number of carbonyl (C=O) groups is 1. The molecule has 1 atom stereocenters. The number of amides is 1. The lowest BCUT2D eigenvalue weighted by molar-refractivity contribution is -0.131. The van der Waals surface area contributed by atoms with Crippen molar-refractivity contribution in [3.63, 3.8) is 0 Å². The van der Waals surface area contributed by atoms with Crippen molar-refractivity contribution in [1.82, 2.24) is 4.90 Å². The number of aliphatic hydroxyl groups excluding tert-OH is 1. The summed E-state index contributed by atoms with van der Waals surface area (Å²) < 4.78 is 0. The Kier molecular flexibility index (Phi) is 2.06. The van der Waals surface area contributed by atoms with Crippen molar-refractivity contribution in [2.24, 2.45) is 5.41 Å². The van der Waals surface area contributed by atoms with Crippen LogP contribution in [0.4, 0.5) is 0 Å². The summed E-state index contributed by atoms with van der Waals surface area (Å²) in [7, 11) is 0. The third-order valence-electron chi connectivity index (χ3n) is 3.20. The fourth-order valence-corrected chi connectivity index (χ4v) is 1.84. The average Bonchev–Trinajstić information content (AvgIpc) is 2.62. The van der Waals surface area contributed by atoms with Crippen LogP contribution in [0.3, 0.4) is 0 Å². The van der Waals surface area contributed by atoms with E-state index in [1.165, 1.54) is 12.8 Å². The van der Waals surface area contributed by atoms with Crippen molar-refractivity contribution in [1.29, 1.82) is 0 Å². The molecule has 0 aromatic rings. The molecule has 0 radical (unpaired) electrons. The normalized spacial score (nSPS) is 30.6. The van der Waals surface area contributed by atoms with Crippen molar-refractivity contribution in [2.75, 3.05) is 13.1 Å². The molecule has 0 unspecified atom stereocenters. The molecule has 1 aliphatic carbocycles. The zero-order valence-electron chi connectivity index (χ0n) is 8.12. The number of hydrogen-bond acceptors (Lipinski definition) is 2. The first-order chi connectivity index (χ1) is 6.09. The highest BCUT2D eigenvalue weighted by Crippen LogP contribution is 2.48. The van der Waals surface area contributed by atoms with Gasteiger partial charge in [-0.2, -0.15) is 0 Å². The van der Waals surface area contributed by atoms with E-state index in [1.807, 2.05) is 0 Å². The maximum absolute atomic E-state index is 11.7. The molecule has 3 heteroatoms. The third-order valence-corrected chi connectivity index (χ3v) is 3.20. The van der Waals surface area contributed by atoms with Crippen molar-refractivity contribution in [3.05, 3.63) is 0 Å². The minimum atomic E-state index is -0.282. The first kappa shape index (κ1) is 9.00. The Morgan fingerprint density at radius 2 is 2.31 bits per heavy atom. The number of nitrogens with zero attached hydrogens (tertiary/aromatic N) is 1. The summed E-state index contributed by atoms with van der Waals surface area (Å²) in [5, 5.41) is 9.27. The van der Waals surface area contributed by atoms with E-state index >= 15 is 0 Å². The maximum Gasteiger partial charge on any atom is 0.223 e. The highest BCUT2D eigenvalue weighted by atomic mass is 16.3. The van der Waals surface area contributed by atoms with E-state index in [0.29, 0.717) is 18.4 Å². The molecule has 2 rings (SSSR count). The van der Waals surface area contributed by atoms with E-state index in [2.05, 4.69) is 6.92 Å². The van der Waals surface area contributed by atoms with Gasteiger partial charge in [-0.15, -0.1) is 0 Å². The van der Waals surface area contributed by atoms with E-state index in [1.54, 1.807) is 4.90 Å². The molecule has 1 saturated heterocycles. The molecule has 1 heterocycles. The van der Waals surface area contributed by atoms with Gasteiger partial charge in [0.15, 0.2) is 0 Å². The topological polar surface area (TPSA) is 40.5 Å². The summed E-state index contributed by atoms with van der Waals surface area (Å²) in [6, 6.07) is 0. The van der Waals surface area contributed by atoms with Gasteiger partial charge in [0.1, 0.15) is 0 Å². The SMILES string of the molecule is CC1(CC(=O)N2CC[C@@H](O)C2)CC1. The zero-order chi connectivity index (χ0) is 9.47. The van der Waals surface area contributed by atoms with E-state index in [4.69, 9.17) is 0 Å². The molecule has 13 heavy (non-hydrogen) atoms. The molecule has 3 nitrogen and oxygen atoms in total. The summed E-state index contributed by atoms with van der Waals surface area (Å²) >= 11 is 0. The number of rotatable bonds is 2. The van der Waals surface area contributed by atoms with Crippen molar-refractivity contribution >= 4 is 5.91 Å². The zero-order valence-corrected chi connectivity index (χ0v) is 8.12. The molecule has 1 amide bonds. The molecule has 1 N–H and O–H groups in total. The predicted octanol–water partition coefficient (Wildman–Crippen LogP) is 0.770. The molecule has 0 spiro atoms. The van der Waals surface area contributed by atoms with Gasteiger partial charge in [0, 0.05) is 19.5 Å². The van der Waals surface area contributed by atoms with Crippen LogP contribution in [0.5, 0.6) is 0 Å². The molecule has 2 aliphatic rings. The van der Waals surface area contributed by atoms with E-state index in [9.17, 15) is 9.90 Å². The van der Waals surface area contributed by atoms with Gasteiger partial charge >= 0.3 is 0 Å². The molecule has 1 saturated carbocycles. The average molecular weight is 183 g/mol. The summed E-state index contributed by atoms with van der Waals surface area (Å²) in [6.07, 6.45) is 3.53. The Hall–Kier alpha value is -0.570. The van der Waals surface area contributed by atoms with Crippen LogP contribution in [0.15, 0.2) is 0 Å². The van der Waals surface area contributed by atoms with E-state index in [0.717, 1.165) is 13.0 Å². The molecule has 1 aliphatic heterocycles. The standard InChI is InChI=1S/C10H17NO2/c1-10(3-4-10)6-9(13)11-5-2-8(12)7-11/h8,12H,2-7H2,1H3/t8-/m1/s1. The van der Waals surface area contributed by atoms with Gasteiger partial charge in [0.25, 0.3) is 0 Å². The second kappa shape index (κ2) is 2.98. The fraction of sp³-hybridized carbons (Fsp3) is 0.900. The van der Waals surface area contributed by atoms with Crippen molar-refractivity contribution in [3.8, 4) is 0 Å².